The van der Waals surface area contributed by atoms with Gasteiger partial charge in [0.2, 0.25) is 0 Å². The number of benzene rings is 2. The van der Waals surface area contributed by atoms with Crippen molar-refractivity contribution in [1.82, 2.24) is 0 Å². The molecule has 0 amide bonds. The van der Waals surface area contributed by atoms with E-state index >= 15 is 0 Å². The van der Waals surface area contributed by atoms with Gasteiger partial charge in [0.25, 0.3) is 0 Å². The number of rotatable bonds is 16. The van der Waals surface area contributed by atoms with E-state index in [0.717, 1.165) is 24.3 Å². The Morgan fingerprint density at radius 3 is 1.46 bits per heavy atom. The summed E-state index contributed by atoms with van der Waals surface area (Å²) in [6, 6.07) is 21.2. The van der Waals surface area contributed by atoms with Gasteiger partial charge in [0.1, 0.15) is 13.6 Å². The Kier molecular flexibility index (Phi) is 13.7. The molecular weight excluding hydrogens is 464 g/mol. The quantitative estimate of drug-likeness (QED) is 0.247. The molecule has 0 aliphatic carbocycles. The number of hydrogen-bond donors (Lipinski definition) is 0. The Bertz CT molecular complexity index is 712. The molecule has 194 valence electrons. The molecule has 4 atom stereocenters. The lowest BCUT2D eigenvalue weighted by Gasteiger charge is -2.35. The van der Waals surface area contributed by atoms with Gasteiger partial charge in [0, 0.05) is 26.1 Å². The fourth-order valence-corrected chi connectivity index (χ4v) is 5.76. The zero-order chi connectivity index (χ0) is 24.6. The fourth-order valence-electron chi connectivity index (χ4n) is 4.40. The molecule has 7 heteroatoms. The second-order valence-electron chi connectivity index (χ2n) is 8.74. The van der Waals surface area contributed by atoms with Crippen molar-refractivity contribution in [3.8, 4) is 0 Å². The first-order valence-electron chi connectivity index (χ1n) is 12.3. The zero-order valence-electron chi connectivity index (χ0n) is 21.0. The molecule has 0 N–H and O–H groups in total. The summed E-state index contributed by atoms with van der Waals surface area (Å²) in [5.41, 5.74) is 2.62. The van der Waals surface area contributed by atoms with Crippen LogP contribution in [-0.2, 0) is 41.3 Å². The lowest BCUT2D eigenvalue weighted by atomic mass is 9.85. The van der Waals surface area contributed by atoms with Crippen molar-refractivity contribution in [2.45, 2.75) is 25.0 Å². The van der Waals surface area contributed by atoms with E-state index in [1.165, 1.54) is 11.1 Å². The molecule has 0 radical (unpaired) electrons. The molecule has 2 aromatic carbocycles. The summed E-state index contributed by atoms with van der Waals surface area (Å²) in [4.78, 5) is 0. The van der Waals surface area contributed by atoms with E-state index in [1.807, 2.05) is 11.8 Å². The van der Waals surface area contributed by atoms with Crippen molar-refractivity contribution in [2.75, 3.05) is 65.7 Å². The molecule has 1 saturated heterocycles. The van der Waals surface area contributed by atoms with Crippen LogP contribution in [0.4, 0.5) is 0 Å². The smallest absolute Gasteiger partial charge is 0.147 e. The van der Waals surface area contributed by atoms with Gasteiger partial charge in [-0.3, -0.25) is 0 Å². The standard InChI is InChI=1S/C28H40O6S/c1-29-13-15-31-21-33-27-25(17-23-9-5-3-6-10-23)19-35-20-26(18-24-11-7-4-8-12-24)28(27)34-22-32-16-14-30-2/h3-12,25-28H,13-22H2,1-2H3/t25-,26-,27-,28-/m0/s1. The molecule has 1 aliphatic rings. The summed E-state index contributed by atoms with van der Waals surface area (Å²) in [7, 11) is 3.34. The van der Waals surface area contributed by atoms with Crippen LogP contribution in [0.25, 0.3) is 0 Å². The Hall–Kier alpha value is -1.45. The van der Waals surface area contributed by atoms with Gasteiger partial charge in [-0.1, -0.05) is 60.7 Å². The van der Waals surface area contributed by atoms with Crippen molar-refractivity contribution in [1.29, 1.82) is 0 Å². The molecular formula is C28H40O6S. The Morgan fingerprint density at radius 1 is 0.629 bits per heavy atom. The van der Waals surface area contributed by atoms with Crippen LogP contribution in [0.1, 0.15) is 11.1 Å². The maximum atomic E-state index is 6.46. The summed E-state index contributed by atoms with van der Waals surface area (Å²) in [5.74, 6) is 2.59. The van der Waals surface area contributed by atoms with E-state index in [2.05, 4.69) is 60.7 Å². The van der Waals surface area contributed by atoms with Gasteiger partial charge in [-0.2, -0.15) is 11.8 Å². The molecule has 0 bridgehead atoms. The van der Waals surface area contributed by atoms with Gasteiger partial charge >= 0.3 is 0 Å². The highest BCUT2D eigenvalue weighted by Crippen LogP contribution is 2.34. The number of hydrogen-bond acceptors (Lipinski definition) is 7. The highest BCUT2D eigenvalue weighted by atomic mass is 32.2. The lowest BCUT2D eigenvalue weighted by molar-refractivity contribution is -0.193. The Balaban J connectivity index is 1.78. The molecule has 0 saturated carbocycles. The fraction of sp³-hybridized carbons (Fsp3) is 0.571. The van der Waals surface area contributed by atoms with E-state index < -0.39 is 0 Å². The summed E-state index contributed by atoms with van der Waals surface area (Å²) < 4.78 is 34.6. The van der Waals surface area contributed by atoms with Crippen LogP contribution in [-0.4, -0.2) is 77.9 Å². The zero-order valence-corrected chi connectivity index (χ0v) is 21.8. The van der Waals surface area contributed by atoms with Crippen molar-refractivity contribution >= 4 is 11.8 Å². The van der Waals surface area contributed by atoms with E-state index in [1.54, 1.807) is 14.2 Å². The van der Waals surface area contributed by atoms with Gasteiger partial charge in [-0.15, -0.1) is 0 Å². The molecule has 2 aromatic rings. The molecule has 1 heterocycles. The average molecular weight is 505 g/mol. The number of methoxy groups -OCH3 is 2. The Morgan fingerprint density at radius 2 is 1.06 bits per heavy atom. The molecule has 0 unspecified atom stereocenters. The minimum absolute atomic E-state index is 0.118. The largest absolute Gasteiger partial charge is 0.382 e. The third kappa shape index (κ3) is 10.2. The van der Waals surface area contributed by atoms with Crippen molar-refractivity contribution < 1.29 is 28.4 Å². The van der Waals surface area contributed by atoms with Gasteiger partial charge in [0.15, 0.2) is 0 Å². The first-order valence-corrected chi connectivity index (χ1v) is 13.5. The van der Waals surface area contributed by atoms with Crippen LogP contribution in [0.15, 0.2) is 60.7 Å². The third-order valence-corrected chi connectivity index (χ3v) is 7.48. The Labute approximate surface area is 214 Å². The second kappa shape index (κ2) is 17.1. The second-order valence-corrected chi connectivity index (χ2v) is 9.81. The number of thioether (sulfide) groups is 1. The first kappa shape index (κ1) is 28.1. The monoisotopic (exact) mass is 504 g/mol. The summed E-state index contributed by atoms with van der Waals surface area (Å²) in [5, 5.41) is 0. The van der Waals surface area contributed by atoms with Crippen LogP contribution < -0.4 is 0 Å². The molecule has 1 aliphatic heterocycles. The van der Waals surface area contributed by atoms with Gasteiger partial charge in [-0.25, -0.2) is 0 Å². The molecule has 1 fully saturated rings. The predicted octanol–water partition coefficient (Wildman–Crippen LogP) is 4.46. The van der Waals surface area contributed by atoms with Gasteiger partial charge < -0.3 is 28.4 Å². The van der Waals surface area contributed by atoms with Crippen LogP contribution in [0, 0.1) is 11.8 Å². The maximum Gasteiger partial charge on any atom is 0.147 e. The minimum atomic E-state index is -0.118. The average Bonchev–Trinajstić information content (AvgIpc) is 3.04. The van der Waals surface area contributed by atoms with E-state index in [4.69, 9.17) is 28.4 Å². The SMILES string of the molecule is COCCOCO[C@H]1[C@@H](Cc2ccccc2)CSC[C@H](Cc2ccccc2)[C@@H]1OCOCCOC. The van der Waals surface area contributed by atoms with E-state index in [0.29, 0.717) is 26.4 Å². The highest BCUT2D eigenvalue weighted by Gasteiger charge is 2.39. The van der Waals surface area contributed by atoms with E-state index in [-0.39, 0.29) is 37.6 Å². The summed E-state index contributed by atoms with van der Waals surface area (Å²) >= 11 is 1.99. The molecule has 35 heavy (non-hydrogen) atoms. The van der Waals surface area contributed by atoms with Gasteiger partial charge in [0.05, 0.1) is 38.6 Å². The third-order valence-electron chi connectivity index (χ3n) is 6.15. The van der Waals surface area contributed by atoms with Crippen molar-refractivity contribution in [3.05, 3.63) is 71.8 Å². The van der Waals surface area contributed by atoms with Crippen LogP contribution in [0.3, 0.4) is 0 Å². The van der Waals surface area contributed by atoms with Crippen molar-refractivity contribution in [3.63, 3.8) is 0 Å². The summed E-state index contributed by atoms with van der Waals surface area (Å²) in [6.45, 7) is 2.52. The molecule has 0 spiro atoms. The maximum absolute atomic E-state index is 6.46. The molecule has 6 nitrogen and oxygen atoms in total. The van der Waals surface area contributed by atoms with Crippen LogP contribution in [0.5, 0.6) is 0 Å². The topological polar surface area (TPSA) is 55.4 Å². The van der Waals surface area contributed by atoms with E-state index in [9.17, 15) is 0 Å². The minimum Gasteiger partial charge on any atom is -0.382 e. The van der Waals surface area contributed by atoms with Crippen LogP contribution in [0.2, 0.25) is 0 Å². The lowest BCUT2D eigenvalue weighted by Crippen LogP contribution is -2.44. The number of ether oxygens (including phenoxy) is 6. The van der Waals surface area contributed by atoms with Crippen LogP contribution >= 0.6 is 11.8 Å². The predicted molar refractivity (Wildman–Crippen MR) is 140 cm³/mol. The van der Waals surface area contributed by atoms with Crippen molar-refractivity contribution in [2.24, 2.45) is 11.8 Å². The normalized spacial score (nSPS) is 22.7. The van der Waals surface area contributed by atoms with Gasteiger partial charge in [-0.05, 0) is 35.5 Å². The molecule has 0 aromatic heterocycles. The molecule has 3 rings (SSSR count). The highest BCUT2D eigenvalue weighted by molar-refractivity contribution is 7.99. The summed E-state index contributed by atoms with van der Waals surface area (Å²) in [6.07, 6.45) is 1.62. The first-order chi connectivity index (χ1) is 17.3.